The third kappa shape index (κ3) is 3.31. The molecule has 0 saturated heterocycles. The van der Waals surface area contributed by atoms with E-state index in [4.69, 9.17) is 5.26 Å². The molecule has 0 spiro atoms. The van der Waals surface area contributed by atoms with Crippen LogP contribution in [0.2, 0.25) is 5.32 Å². The van der Waals surface area contributed by atoms with Crippen LogP contribution in [-0.2, 0) is 0 Å². The second kappa shape index (κ2) is 5.18. The second-order valence-electron chi connectivity index (χ2n) is 2.31. The number of benzene rings is 1. The van der Waals surface area contributed by atoms with E-state index in [0.29, 0.717) is 10.9 Å². The van der Waals surface area contributed by atoms with Crippen LogP contribution in [0.1, 0.15) is 10.4 Å². The number of Topliss-reactive ketones (excluding diaryl/α,β-unsaturated/α-hetero) is 1. The first kappa shape index (κ1) is 10.5. The number of rotatable bonds is 3. The molecule has 0 aliphatic rings. The van der Waals surface area contributed by atoms with Crippen LogP contribution >= 0.6 is 15.9 Å². The molecule has 1 aromatic carbocycles. The van der Waals surface area contributed by atoms with Crippen molar-refractivity contribution >= 4 is 36.7 Å². The predicted molar refractivity (Wildman–Crippen MR) is 54.6 cm³/mol. The maximum absolute atomic E-state index is 11.4. The van der Waals surface area contributed by atoms with E-state index in [2.05, 4.69) is 15.9 Å². The van der Waals surface area contributed by atoms with E-state index in [1.54, 1.807) is 12.1 Å². The molecule has 0 radical (unpaired) electrons. The Morgan fingerprint density at radius 3 is 2.62 bits per heavy atom. The van der Waals surface area contributed by atoms with Gasteiger partial charge in [-0.2, -0.15) is 0 Å². The van der Waals surface area contributed by atoms with Gasteiger partial charge in [0.1, 0.15) is 0 Å². The Hall–Kier alpha value is -0.621. The molecule has 13 heavy (non-hydrogen) atoms. The van der Waals surface area contributed by atoms with E-state index in [-0.39, 0.29) is 20.7 Å². The zero-order valence-electron chi connectivity index (χ0n) is 6.66. The second-order valence-corrected chi connectivity index (χ2v) is 4.82. The Labute approximate surface area is 91.2 Å². The molecule has 0 aliphatic carbocycles. The summed E-state index contributed by atoms with van der Waals surface area (Å²) in [5, 5.41) is 8.69. The minimum atomic E-state index is -0.218. The van der Waals surface area contributed by atoms with Gasteiger partial charge < -0.3 is 0 Å². The Morgan fingerprint density at radius 1 is 1.46 bits per heavy atom. The number of carbonyl (C=O) groups is 1. The van der Waals surface area contributed by atoms with Gasteiger partial charge >= 0.3 is 91.3 Å². The molecule has 66 valence electrons. The first-order valence-electron chi connectivity index (χ1n) is 3.53. The van der Waals surface area contributed by atoms with Crippen LogP contribution in [0.5, 0.6) is 0 Å². The van der Waals surface area contributed by atoms with Crippen molar-refractivity contribution in [1.29, 1.82) is 5.26 Å². The van der Waals surface area contributed by atoms with E-state index in [9.17, 15) is 4.79 Å². The van der Waals surface area contributed by atoms with Crippen LogP contribution in [-0.4, -0.2) is 20.7 Å². The van der Waals surface area contributed by atoms with Crippen molar-refractivity contribution in [2.24, 2.45) is 0 Å². The summed E-state index contributed by atoms with van der Waals surface area (Å²) < 4.78 is 0.954. The summed E-state index contributed by atoms with van der Waals surface area (Å²) in [6.07, 6.45) is 0. The molecule has 0 bridgehead atoms. The van der Waals surface area contributed by atoms with Crippen LogP contribution in [0.3, 0.4) is 0 Å². The van der Waals surface area contributed by atoms with Crippen LogP contribution < -0.4 is 0 Å². The summed E-state index contributed by atoms with van der Waals surface area (Å²) >= 11 is 3.07. The van der Waals surface area contributed by atoms with Crippen molar-refractivity contribution in [2.45, 2.75) is 5.32 Å². The van der Waals surface area contributed by atoms with Gasteiger partial charge in [-0.05, 0) is 0 Å². The fourth-order valence-electron chi connectivity index (χ4n) is 0.817. The molecule has 0 atom stereocenters. The summed E-state index contributed by atoms with van der Waals surface area (Å²) in [4.78, 5) is 13.4. The van der Waals surface area contributed by atoms with E-state index in [1.165, 1.54) is 0 Å². The Kier molecular flexibility index (Phi) is 4.17. The van der Waals surface area contributed by atoms with Gasteiger partial charge in [0, 0.05) is 0 Å². The van der Waals surface area contributed by atoms with E-state index >= 15 is 0 Å². The van der Waals surface area contributed by atoms with E-state index in [0.717, 1.165) is 4.47 Å². The van der Waals surface area contributed by atoms with Gasteiger partial charge in [-0.25, -0.2) is 0 Å². The Bertz CT molecular complexity index is 342. The van der Waals surface area contributed by atoms with Crippen molar-refractivity contribution < 1.29 is 4.79 Å². The molecule has 0 N–H and O–H groups in total. The van der Waals surface area contributed by atoms with Crippen LogP contribution in [0.25, 0.3) is 0 Å². The number of nitrogens with zero attached hydrogens (tertiary/aromatic N) is 1. The summed E-state index contributed by atoms with van der Waals surface area (Å²) in [6.45, 7) is 0. The van der Waals surface area contributed by atoms with Gasteiger partial charge in [0.2, 0.25) is 0 Å². The van der Waals surface area contributed by atoms with Gasteiger partial charge in [-0.15, -0.1) is 0 Å². The molecule has 4 heteroatoms. The Balaban J connectivity index is 2.68. The van der Waals surface area contributed by atoms with Crippen molar-refractivity contribution in [1.82, 2.24) is 0 Å². The first-order chi connectivity index (χ1) is 6.24. The van der Waals surface area contributed by atoms with E-state index in [1.807, 2.05) is 17.1 Å². The molecule has 0 amide bonds. The molecule has 2 nitrogen and oxygen atoms in total. The summed E-state index contributed by atoms with van der Waals surface area (Å²) in [5.41, 5.74) is 0.681. The van der Waals surface area contributed by atoms with Gasteiger partial charge in [0.05, 0.1) is 0 Å². The van der Waals surface area contributed by atoms with Crippen molar-refractivity contribution in [3.63, 3.8) is 0 Å². The molecule has 0 fully saturated rings. The monoisotopic (exact) mass is 303 g/mol. The van der Waals surface area contributed by atoms with Gasteiger partial charge in [-0.1, -0.05) is 0 Å². The summed E-state index contributed by atoms with van der Waals surface area (Å²) in [7, 11) is 0. The third-order valence-electron chi connectivity index (χ3n) is 1.43. The number of nitriles is 1. The molecule has 0 saturated carbocycles. The number of ketones is 1. The zero-order chi connectivity index (χ0) is 9.68. The summed E-state index contributed by atoms with van der Waals surface area (Å²) in [6, 6.07) is 7.18. The third-order valence-corrected chi connectivity index (χ3v) is 3.09. The quantitative estimate of drug-likeness (QED) is 0.635. The number of halogens is 1. The average Bonchev–Trinajstić information content (AvgIpc) is 2.15. The van der Waals surface area contributed by atoms with Gasteiger partial charge in [0.25, 0.3) is 0 Å². The number of hydrogen-bond acceptors (Lipinski definition) is 2. The topological polar surface area (TPSA) is 40.9 Å². The fraction of sp³-hybridized carbons (Fsp3) is 0.111. The number of hydrogen-bond donors (Lipinski definition) is 0. The standard InChI is InChI=1S/C9H6BrNOSe/c10-8-3-1-7(2-4-8)9(12)5-13-6-11/h1-4H,5H2. The van der Waals surface area contributed by atoms with Crippen molar-refractivity contribution in [3.05, 3.63) is 34.3 Å². The fourth-order valence-corrected chi connectivity index (χ4v) is 1.84. The van der Waals surface area contributed by atoms with E-state index < -0.39 is 0 Å². The molecule has 1 rings (SSSR count). The molecule has 0 aliphatic heterocycles. The molecule has 1 aromatic rings. The molecule has 0 heterocycles. The Morgan fingerprint density at radius 2 is 2.08 bits per heavy atom. The average molecular weight is 303 g/mol. The predicted octanol–water partition coefficient (Wildman–Crippen LogP) is 2.24. The maximum atomic E-state index is 11.4. The molecule has 0 aromatic heterocycles. The first-order valence-corrected chi connectivity index (χ1v) is 6.40. The van der Waals surface area contributed by atoms with Gasteiger partial charge in [0.15, 0.2) is 0 Å². The molecule has 0 unspecified atom stereocenters. The number of carbonyl (C=O) groups excluding carboxylic acids is 1. The SMILES string of the molecule is N#C[Se]CC(=O)c1ccc(Br)cc1. The minimum absolute atomic E-state index is 0.0500. The van der Waals surface area contributed by atoms with Crippen LogP contribution in [0, 0.1) is 10.2 Å². The molecular weight excluding hydrogens is 297 g/mol. The van der Waals surface area contributed by atoms with Crippen LogP contribution in [0.4, 0.5) is 0 Å². The van der Waals surface area contributed by atoms with Crippen molar-refractivity contribution in [2.75, 3.05) is 0 Å². The van der Waals surface area contributed by atoms with Crippen LogP contribution in [0.15, 0.2) is 28.7 Å². The van der Waals surface area contributed by atoms with Crippen molar-refractivity contribution in [3.8, 4) is 4.97 Å². The summed E-state index contributed by atoms with van der Waals surface area (Å²) in [5.74, 6) is 0.0500. The van der Waals surface area contributed by atoms with Gasteiger partial charge in [-0.3, -0.25) is 0 Å². The normalized spacial score (nSPS) is 9.23. The zero-order valence-corrected chi connectivity index (χ0v) is 9.96. The molecular formula is C9H6BrNOSe.